The highest BCUT2D eigenvalue weighted by Crippen LogP contribution is 2.51. The Labute approximate surface area is 111 Å². The zero-order chi connectivity index (χ0) is 12.8. The first kappa shape index (κ1) is 13.6. The number of hydrogen-bond acceptors (Lipinski definition) is 2. The lowest BCUT2D eigenvalue weighted by Crippen LogP contribution is -2.40. The quantitative estimate of drug-likeness (QED) is 0.713. The first-order chi connectivity index (χ1) is 8.83. The lowest BCUT2D eigenvalue weighted by Gasteiger charge is -2.28. The fourth-order valence-electron chi connectivity index (χ4n) is 2.91. The van der Waals surface area contributed by atoms with Gasteiger partial charge in [-0.3, -0.25) is 0 Å². The molecule has 1 aromatic carbocycles. The van der Waals surface area contributed by atoms with E-state index in [2.05, 4.69) is 49.5 Å². The minimum atomic E-state index is 0.369. The summed E-state index contributed by atoms with van der Waals surface area (Å²) in [4.78, 5) is 0. The second-order valence-corrected chi connectivity index (χ2v) is 5.12. The van der Waals surface area contributed by atoms with Crippen LogP contribution in [0.15, 0.2) is 30.3 Å². The van der Waals surface area contributed by atoms with Gasteiger partial charge < -0.3 is 10.1 Å². The Morgan fingerprint density at radius 1 is 1.22 bits per heavy atom. The molecule has 0 aromatic heterocycles. The first-order valence-electron chi connectivity index (χ1n) is 7.20. The third-order valence-electron chi connectivity index (χ3n) is 4.01. The second-order valence-electron chi connectivity index (χ2n) is 5.12. The predicted molar refractivity (Wildman–Crippen MR) is 75.9 cm³/mol. The van der Waals surface area contributed by atoms with E-state index in [-0.39, 0.29) is 0 Å². The van der Waals surface area contributed by atoms with Crippen molar-refractivity contribution in [1.29, 1.82) is 0 Å². The first-order valence-corrected chi connectivity index (χ1v) is 7.20. The van der Waals surface area contributed by atoms with Crippen molar-refractivity contribution in [2.75, 3.05) is 19.8 Å². The van der Waals surface area contributed by atoms with Crippen molar-refractivity contribution >= 4 is 0 Å². The van der Waals surface area contributed by atoms with Crippen LogP contribution in [0.1, 0.15) is 38.7 Å². The maximum atomic E-state index is 5.53. The normalized spacial score (nSPS) is 18.6. The number of rotatable bonds is 8. The van der Waals surface area contributed by atoms with E-state index in [0.717, 1.165) is 26.2 Å². The molecule has 1 fully saturated rings. The van der Waals surface area contributed by atoms with Crippen LogP contribution in [0, 0.1) is 0 Å². The Bertz CT molecular complexity index is 345. The van der Waals surface area contributed by atoms with E-state index in [4.69, 9.17) is 4.74 Å². The average molecular weight is 247 g/mol. The van der Waals surface area contributed by atoms with E-state index in [1.54, 1.807) is 0 Å². The van der Waals surface area contributed by atoms with Gasteiger partial charge in [-0.2, -0.15) is 0 Å². The van der Waals surface area contributed by atoms with E-state index >= 15 is 0 Å². The molecule has 1 saturated carbocycles. The van der Waals surface area contributed by atoms with Crippen molar-refractivity contribution in [3.63, 3.8) is 0 Å². The summed E-state index contributed by atoms with van der Waals surface area (Å²) in [5.74, 6) is 0. The van der Waals surface area contributed by atoms with Gasteiger partial charge in [0.25, 0.3) is 0 Å². The number of hydrogen-bond donors (Lipinski definition) is 1. The highest BCUT2D eigenvalue weighted by Gasteiger charge is 2.49. The predicted octanol–water partition coefficient (Wildman–Crippen LogP) is 3.12. The van der Waals surface area contributed by atoms with Gasteiger partial charge in [0.1, 0.15) is 0 Å². The number of nitrogens with one attached hydrogen (secondary N) is 1. The largest absolute Gasteiger partial charge is 0.382 e. The maximum Gasteiger partial charge on any atom is 0.0481 e. The van der Waals surface area contributed by atoms with E-state index < -0.39 is 0 Å². The lowest BCUT2D eigenvalue weighted by atomic mass is 9.86. The molecule has 0 spiro atoms. The third kappa shape index (κ3) is 2.93. The molecular weight excluding hydrogens is 222 g/mol. The second kappa shape index (κ2) is 6.35. The van der Waals surface area contributed by atoms with Crippen molar-refractivity contribution in [2.24, 2.45) is 0 Å². The van der Waals surface area contributed by atoms with Crippen LogP contribution in [-0.4, -0.2) is 25.8 Å². The smallest absolute Gasteiger partial charge is 0.0481 e. The zero-order valence-corrected chi connectivity index (χ0v) is 11.6. The summed E-state index contributed by atoms with van der Waals surface area (Å²) < 4.78 is 5.53. The summed E-state index contributed by atoms with van der Waals surface area (Å²) in [6.45, 7) is 6.96. The van der Waals surface area contributed by atoms with Crippen molar-refractivity contribution in [2.45, 2.75) is 44.6 Å². The number of likely N-dealkylation sites (N-methyl/N-ethyl adjacent to an activating group) is 1. The molecule has 0 bridgehead atoms. The summed E-state index contributed by atoms with van der Waals surface area (Å²) in [5.41, 5.74) is 1.86. The summed E-state index contributed by atoms with van der Waals surface area (Å²) in [7, 11) is 0. The molecule has 1 aliphatic carbocycles. The van der Waals surface area contributed by atoms with E-state index in [9.17, 15) is 0 Å². The highest BCUT2D eigenvalue weighted by atomic mass is 16.5. The maximum absolute atomic E-state index is 5.53. The van der Waals surface area contributed by atoms with Crippen LogP contribution in [0.3, 0.4) is 0 Å². The standard InChI is InChI=1S/C16H25NO/c1-3-17-15(10-13-18-4-2)16(11-12-16)14-8-6-5-7-9-14/h5-9,15,17H,3-4,10-13H2,1-2H3. The van der Waals surface area contributed by atoms with Crippen molar-refractivity contribution in [3.05, 3.63) is 35.9 Å². The van der Waals surface area contributed by atoms with Gasteiger partial charge in [0.2, 0.25) is 0 Å². The van der Waals surface area contributed by atoms with Crippen LogP contribution in [0.2, 0.25) is 0 Å². The molecule has 1 aliphatic rings. The highest BCUT2D eigenvalue weighted by molar-refractivity contribution is 5.33. The summed E-state index contributed by atoms with van der Waals surface area (Å²) in [6, 6.07) is 11.5. The van der Waals surface area contributed by atoms with Crippen LogP contribution in [0.5, 0.6) is 0 Å². The minimum absolute atomic E-state index is 0.369. The van der Waals surface area contributed by atoms with Gasteiger partial charge in [-0.15, -0.1) is 0 Å². The van der Waals surface area contributed by atoms with Gasteiger partial charge in [0, 0.05) is 24.7 Å². The van der Waals surface area contributed by atoms with Crippen LogP contribution in [0.25, 0.3) is 0 Å². The van der Waals surface area contributed by atoms with Crippen molar-refractivity contribution in [1.82, 2.24) is 5.32 Å². The van der Waals surface area contributed by atoms with Gasteiger partial charge in [-0.1, -0.05) is 37.3 Å². The number of ether oxygens (including phenoxy) is 1. The molecule has 1 atom stereocenters. The molecule has 0 heterocycles. The van der Waals surface area contributed by atoms with Crippen molar-refractivity contribution < 1.29 is 4.74 Å². The van der Waals surface area contributed by atoms with Crippen LogP contribution in [-0.2, 0) is 10.2 Å². The van der Waals surface area contributed by atoms with E-state index in [1.165, 1.54) is 18.4 Å². The molecule has 0 saturated heterocycles. The molecule has 0 radical (unpaired) electrons. The molecule has 2 heteroatoms. The molecule has 1 unspecified atom stereocenters. The topological polar surface area (TPSA) is 21.3 Å². The molecular formula is C16H25NO. The molecule has 2 rings (SSSR count). The van der Waals surface area contributed by atoms with Crippen LogP contribution in [0.4, 0.5) is 0 Å². The summed E-state index contributed by atoms with van der Waals surface area (Å²) in [6.07, 6.45) is 3.72. The van der Waals surface area contributed by atoms with Crippen LogP contribution < -0.4 is 5.32 Å². The molecule has 18 heavy (non-hydrogen) atoms. The van der Waals surface area contributed by atoms with Gasteiger partial charge in [-0.05, 0) is 38.3 Å². The molecule has 0 aliphatic heterocycles. The Morgan fingerprint density at radius 3 is 2.50 bits per heavy atom. The Morgan fingerprint density at radius 2 is 1.94 bits per heavy atom. The van der Waals surface area contributed by atoms with Gasteiger partial charge in [0.15, 0.2) is 0 Å². The minimum Gasteiger partial charge on any atom is -0.382 e. The monoisotopic (exact) mass is 247 g/mol. The Kier molecular flexibility index (Phi) is 4.79. The van der Waals surface area contributed by atoms with Crippen LogP contribution >= 0.6 is 0 Å². The van der Waals surface area contributed by atoms with E-state index in [1.807, 2.05) is 0 Å². The average Bonchev–Trinajstić information content (AvgIpc) is 3.21. The van der Waals surface area contributed by atoms with Crippen molar-refractivity contribution in [3.8, 4) is 0 Å². The summed E-state index contributed by atoms with van der Waals surface area (Å²) in [5, 5.41) is 3.66. The molecule has 100 valence electrons. The third-order valence-corrected chi connectivity index (χ3v) is 4.01. The molecule has 2 nitrogen and oxygen atoms in total. The Hall–Kier alpha value is -0.860. The lowest BCUT2D eigenvalue weighted by molar-refractivity contribution is 0.131. The Balaban J connectivity index is 2.05. The van der Waals surface area contributed by atoms with Gasteiger partial charge in [-0.25, -0.2) is 0 Å². The SMILES string of the molecule is CCNC(CCOCC)C1(c2ccccc2)CC1. The molecule has 0 amide bonds. The van der Waals surface area contributed by atoms with Gasteiger partial charge >= 0.3 is 0 Å². The fourth-order valence-corrected chi connectivity index (χ4v) is 2.91. The molecule has 1 aromatic rings. The number of benzene rings is 1. The molecule has 1 N–H and O–H groups in total. The van der Waals surface area contributed by atoms with Gasteiger partial charge in [0.05, 0.1) is 0 Å². The van der Waals surface area contributed by atoms with E-state index in [0.29, 0.717) is 11.5 Å². The zero-order valence-electron chi connectivity index (χ0n) is 11.6. The summed E-state index contributed by atoms with van der Waals surface area (Å²) >= 11 is 0. The fraction of sp³-hybridized carbons (Fsp3) is 0.625.